The number of hydrogen-bond donors (Lipinski definition) is 1. The molecular formula is C18H22ClNO. The van der Waals surface area contributed by atoms with Crippen LogP contribution in [0.2, 0.25) is 5.02 Å². The van der Waals surface area contributed by atoms with Crippen molar-refractivity contribution in [2.24, 2.45) is 0 Å². The molecule has 0 saturated carbocycles. The van der Waals surface area contributed by atoms with Gasteiger partial charge in [0.1, 0.15) is 5.75 Å². The molecule has 112 valence electrons. The molecule has 3 heteroatoms. The van der Waals surface area contributed by atoms with Gasteiger partial charge in [0.25, 0.3) is 0 Å². The van der Waals surface area contributed by atoms with Gasteiger partial charge in [-0.25, -0.2) is 0 Å². The molecule has 21 heavy (non-hydrogen) atoms. The molecule has 0 radical (unpaired) electrons. The SMILES string of the molecule is CCCNCc1ccc(OCCc2ccccc2)c(Cl)c1. The third kappa shape index (κ3) is 5.41. The first kappa shape index (κ1) is 15.9. The van der Waals surface area contributed by atoms with E-state index in [1.165, 1.54) is 11.1 Å². The number of ether oxygens (including phenoxy) is 1. The predicted octanol–water partition coefficient (Wildman–Crippen LogP) is 4.46. The van der Waals surface area contributed by atoms with Gasteiger partial charge in [0, 0.05) is 13.0 Å². The van der Waals surface area contributed by atoms with Gasteiger partial charge in [-0.15, -0.1) is 0 Å². The zero-order valence-electron chi connectivity index (χ0n) is 12.4. The van der Waals surface area contributed by atoms with Crippen LogP contribution < -0.4 is 10.1 Å². The van der Waals surface area contributed by atoms with Crippen molar-refractivity contribution in [2.75, 3.05) is 13.2 Å². The molecule has 0 saturated heterocycles. The summed E-state index contributed by atoms with van der Waals surface area (Å²) in [6.45, 7) is 4.66. The predicted molar refractivity (Wildman–Crippen MR) is 89.1 cm³/mol. The Balaban J connectivity index is 1.83. The minimum Gasteiger partial charge on any atom is -0.492 e. The fraction of sp³-hybridized carbons (Fsp3) is 0.333. The Labute approximate surface area is 132 Å². The lowest BCUT2D eigenvalue weighted by Gasteiger charge is -2.10. The van der Waals surface area contributed by atoms with Crippen molar-refractivity contribution in [1.82, 2.24) is 5.32 Å². The fourth-order valence-electron chi connectivity index (χ4n) is 2.10. The van der Waals surface area contributed by atoms with Crippen LogP contribution in [0.25, 0.3) is 0 Å². The van der Waals surface area contributed by atoms with E-state index in [4.69, 9.17) is 16.3 Å². The maximum Gasteiger partial charge on any atom is 0.137 e. The lowest BCUT2D eigenvalue weighted by atomic mass is 10.2. The van der Waals surface area contributed by atoms with E-state index in [1.807, 2.05) is 30.3 Å². The van der Waals surface area contributed by atoms with Gasteiger partial charge in [-0.1, -0.05) is 54.9 Å². The lowest BCUT2D eigenvalue weighted by Crippen LogP contribution is -2.13. The molecule has 0 spiro atoms. The van der Waals surface area contributed by atoms with Crippen molar-refractivity contribution in [3.63, 3.8) is 0 Å². The highest BCUT2D eigenvalue weighted by molar-refractivity contribution is 6.32. The zero-order chi connectivity index (χ0) is 14.9. The Morgan fingerprint density at radius 3 is 2.57 bits per heavy atom. The van der Waals surface area contributed by atoms with Crippen LogP contribution in [0.5, 0.6) is 5.75 Å². The van der Waals surface area contributed by atoms with Crippen LogP contribution in [0.1, 0.15) is 24.5 Å². The Hall–Kier alpha value is -1.51. The summed E-state index contributed by atoms with van der Waals surface area (Å²) in [5, 5.41) is 4.04. The third-order valence-electron chi connectivity index (χ3n) is 3.24. The van der Waals surface area contributed by atoms with Crippen LogP contribution >= 0.6 is 11.6 Å². The second kappa shape index (κ2) is 8.71. The van der Waals surface area contributed by atoms with Gasteiger partial charge in [0.15, 0.2) is 0 Å². The molecule has 0 aliphatic heterocycles. The molecule has 0 atom stereocenters. The second-order valence-electron chi connectivity index (χ2n) is 5.03. The van der Waals surface area contributed by atoms with E-state index in [0.29, 0.717) is 11.6 Å². The zero-order valence-corrected chi connectivity index (χ0v) is 13.2. The number of rotatable bonds is 8. The summed E-state index contributed by atoms with van der Waals surface area (Å²) >= 11 is 6.27. The van der Waals surface area contributed by atoms with Crippen molar-refractivity contribution in [2.45, 2.75) is 26.3 Å². The average molecular weight is 304 g/mol. The van der Waals surface area contributed by atoms with Gasteiger partial charge in [-0.2, -0.15) is 0 Å². The van der Waals surface area contributed by atoms with E-state index in [1.54, 1.807) is 0 Å². The van der Waals surface area contributed by atoms with E-state index in [9.17, 15) is 0 Å². The summed E-state index contributed by atoms with van der Waals surface area (Å²) < 4.78 is 5.77. The number of halogens is 1. The fourth-order valence-corrected chi connectivity index (χ4v) is 2.36. The number of hydrogen-bond acceptors (Lipinski definition) is 2. The molecule has 2 aromatic rings. The van der Waals surface area contributed by atoms with Crippen LogP contribution in [0.4, 0.5) is 0 Å². The van der Waals surface area contributed by atoms with Crippen LogP contribution in [0, 0.1) is 0 Å². The highest BCUT2D eigenvalue weighted by atomic mass is 35.5. The molecule has 0 aliphatic rings. The Morgan fingerprint density at radius 2 is 1.86 bits per heavy atom. The van der Waals surface area contributed by atoms with Gasteiger partial charge in [0.2, 0.25) is 0 Å². The molecule has 0 unspecified atom stereocenters. The van der Waals surface area contributed by atoms with E-state index in [0.717, 1.165) is 31.7 Å². The molecule has 2 aromatic carbocycles. The molecule has 0 aromatic heterocycles. The summed E-state index contributed by atoms with van der Waals surface area (Å²) in [6, 6.07) is 16.3. The molecule has 0 fully saturated rings. The molecule has 1 N–H and O–H groups in total. The van der Waals surface area contributed by atoms with E-state index in [-0.39, 0.29) is 0 Å². The first-order valence-corrected chi connectivity index (χ1v) is 7.83. The molecule has 2 nitrogen and oxygen atoms in total. The Kier molecular flexibility index (Phi) is 6.58. The first-order valence-electron chi connectivity index (χ1n) is 7.45. The smallest absolute Gasteiger partial charge is 0.137 e. The Bertz CT molecular complexity index is 542. The lowest BCUT2D eigenvalue weighted by molar-refractivity contribution is 0.322. The van der Waals surface area contributed by atoms with Gasteiger partial charge in [-0.3, -0.25) is 0 Å². The quantitative estimate of drug-likeness (QED) is 0.727. The van der Waals surface area contributed by atoms with Crippen molar-refractivity contribution >= 4 is 11.6 Å². The minimum atomic E-state index is 0.636. The molecular weight excluding hydrogens is 282 g/mol. The molecule has 2 rings (SSSR count). The third-order valence-corrected chi connectivity index (χ3v) is 3.54. The topological polar surface area (TPSA) is 21.3 Å². The molecule has 0 bridgehead atoms. The Morgan fingerprint density at radius 1 is 1.05 bits per heavy atom. The summed E-state index contributed by atoms with van der Waals surface area (Å²) in [4.78, 5) is 0. The van der Waals surface area contributed by atoms with E-state index < -0.39 is 0 Å². The maximum absolute atomic E-state index is 6.27. The molecule has 0 aliphatic carbocycles. The first-order chi connectivity index (χ1) is 10.3. The van der Waals surface area contributed by atoms with Crippen molar-refractivity contribution in [1.29, 1.82) is 0 Å². The summed E-state index contributed by atoms with van der Waals surface area (Å²) in [7, 11) is 0. The van der Waals surface area contributed by atoms with E-state index >= 15 is 0 Å². The normalized spacial score (nSPS) is 10.6. The average Bonchev–Trinajstić information content (AvgIpc) is 2.51. The summed E-state index contributed by atoms with van der Waals surface area (Å²) in [5.41, 5.74) is 2.46. The van der Waals surface area contributed by atoms with Crippen LogP contribution in [0.3, 0.4) is 0 Å². The van der Waals surface area contributed by atoms with Gasteiger partial charge in [-0.05, 0) is 36.2 Å². The highest BCUT2D eigenvalue weighted by Crippen LogP contribution is 2.25. The van der Waals surface area contributed by atoms with Crippen LogP contribution in [-0.2, 0) is 13.0 Å². The van der Waals surface area contributed by atoms with Crippen LogP contribution in [0.15, 0.2) is 48.5 Å². The minimum absolute atomic E-state index is 0.636. The summed E-state index contributed by atoms with van der Waals surface area (Å²) in [6.07, 6.45) is 2.02. The van der Waals surface area contributed by atoms with E-state index in [2.05, 4.69) is 30.4 Å². The maximum atomic E-state index is 6.27. The van der Waals surface area contributed by atoms with Crippen molar-refractivity contribution in [3.05, 3.63) is 64.7 Å². The van der Waals surface area contributed by atoms with Crippen molar-refractivity contribution in [3.8, 4) is 5.75 Å². The standard InChI is InChI=1S/C18H22ClNO/c1-2-11-20-14-16-8-9-18(17(19)13-16)21-12-10-15-6-4-3-5-7-15/h3-9,13,20H,2,10-12,14H2,1H3. The van der Waals surface area contributed by atoms with Crippen molar-refractivity contribution < 1.29 is 4.74 Å². The largest absolute Gasteiger partial charge is 0.492 e. The van der Waals surface area contributed by atoms with Crippen LogP contribution in [-0.4, -0.2) is 13.2 Å². The monoisotopic (exact) mass is 303 g/mol. The van der Waals surface area contributed by atoms with Gasteiger partial charge >= 0.3 is 0 Å². The number of benzene rings is 2. The summed E-state index contributed by atoms with van der Waals surface area (Å²) in [5.74, 6) is 0.756. The number of nitrogens with one attached hydrogen (secondary N) is 1. The molecule has 0 amide bonds. The van der Waals surface area contributed by atoms with Gasteiger partial charge < -0.3 is 10.1 Å². The highest BCUT2D eigenvalue weighted by Gasteiger charge is 2.03. The second-order valence-corrected chi connectivity index (χ2v) is 5.43. The van der Waals surface area contributed by atoms with Gasteiger partial charge in [0.05, 0.1) is 11.6 Å². The molecule has 0 heterocycles.